The number of halogens is 3. The van der Waals surface area contributed by atoms with Crippen molar-refractivity contribution in [3.8, 4) is 0 Å². The van der Waals surface area contributed by atoms with Gasteiger partial charge in [-0.2, -0.15) is 0 Å². The van der Waals surface area contributed by atoms with Gasteiger partial charge in [0, 0.05) is 12.2 Å². The maximum atomic E-state index is 5.95. The van der Waals surface area contributed by atoms with Gasteiger partial charge in [-0.15, -0.1) is 12.4 Å². The predicted molar refractivity (Wildman–Crippen MR) is 70.0 cm³/mol. The fraction of sp³-hybridized carbons (Fsp3) is 0.333. The highest BCUT2D eigenvalue weighted by molar-refractivity contribution is 6.36. The van der Waals surface area contributed by atoms with Gasteiger partial charge in [0.2, 0.25) is 0 Å². The lowest BCUT2D eigenvalue weighted by atomic mass is 10.4. The van der Waals surface area contributed by atoms with Crippen LogP contribution < -0.4 is 10.6 Å². The summed E-state index contributed by atoms with van der Waals surface area (Å²) in [6.07, 6.45) is 1.54. The van der Waals surface area contributed by atoms with E-state index in [0.717, 1.165) is 6.54 Å². The summed E-state index contributed by atoms with van der Waals surface area (Å²) in [5.74, 6) is 1.25. The van der Waals surface area contributed by atoms with E-state index in [1.54, 1.807) is 6.07 Å². The lowest BCUT2D eigenvalue weighted by Crippen LogP contribution is -2.32. The minimum absolute atomic E-state index is 0. The Hall–Kier alpha value is -0.710. The molecule has 1 aliphatic heterocycles. The zero-order chi connectivity index (χ0) is 10.8. The monoisotopic (exact) mass is 280 g/mol. The molecule has 88 valence electrons. The molecule has 1 aliphatic rings. The molecule has 1 atom stereocenters. The van der Waals surface area contributed by atoms with Crippen molar-refractivity contribution in [1.82, 2.24) is 10.3 Å². The standard InChI is InChI=1S/C9H10Cl2N4.ClH/c1-5-3-13-9(14-5)15-8-7(11)2-6(10)4-12-8;/h2,4-5H,3H2,1H3,(H2,12,13,14,15);1H. The van der Waals surface area contributed by atoms with Crippen LogP contribution in [0.2, 0.25) is 10.0 Å². The van der Waals surface area contributed by atoms with Gasteiger partial charge in [-0.25, -0.2) is 4.98 Å². The summed E-state index contributed by atoms with van der Waals surface area (Å²) in [7, 11) is 0. The topological polar surface area (TPSA) is 49.3 Å². The van der Waals surface area contributed by atoms with Gasteiger partial charge < -0.3 is 10.6 Å². The number of anilines is 1. The van der Waals surface area contributed by atoms with Crippen molar-refractivity contribution >= 4 is 47.4 Å². The number of aliphatic imine (C=N–C) groups is 1. The smallest absolute Gasteiger partial charge is 0.197 e. The summed E-state index contributed by atoms with van der Waals surface area (Å²) in [5.41, 5.74) is 0. The zero-order valence-electron chi connectivity index (χ0n) is 8.50. The zero-order valence-corrected chi connectivity index (χ0v) is 10.8. The molecule has 0 saturated heterocycles. The lowest BCUT2D eigenvalue weighted by Gasteiger charge is -2.09. The van der Waals surface area contributed by atoms with Crippen molar-refractivity contribution in [2.75, 3.05) is 11.9 Å². The molecule has 0 radical (unpaired) electrons. The van der Waals surface area contributed by atoms with E-state index in [-0.39, 0.29) is 12.4 Å². The minimum atomic E-state index is 0. The SMILES string of the molecule is CC1CN=C(Nc2ncc(Cl)cc2Cl)N1.Cl. The van der Waals surface area contributed by atoms with Crippen molar-refractivity contribution in [1.29, 1.82) is 0 Å². The molecular weight excluding hydrogens is 270 g/mol. The Morgan fingerprint density at radius 3 is 2.81 bits per heavy atom. The number of guanidine groups is 1. The summed E-state index contributed by atoms with van der Waals surface area (Å²) in [4.78, 5) is 8.31. The van der Waals surface area contributed by atoms with Crippen LogP contribution in [-0.2, 0) is 0 Å². The summed E-state index contributed by atoms with van der Waals surface area (Å²) < 4.78 is 0. The highest BCUT2D eigenvalue weighted by Crippen LogP contribution is 2.22. The van der Waals surface area contributed by atoms with Crippen LogP contribution in [0.5, 0.6) is 0 Å². The van der Waals surface area contributed by atoms with Gasteiger partial charge >= 0.3 is 0 Å². The number of aromatic nitrogens is 1. The number of pyridine rings is 1. The first kappa shape index (κ1) is 13.4. The van der Waals surface area contributed by atoms with Gasteiger partial charge in [0.05, 0.1) is 16.6 Å². The third-order valence-corrected chi connectivity index (χ3v) is 2.45. The van der Waals surface area contributed by atoms with Crippen molar-refractivity contribution < 1.29 is 0 Å². The Kier molecular flexibility index (Phi) is 4.65. The first-order chi connectivity index (χ1) is 7.15. The molecule has 2 rings (SSSR count). The maximum absolute atomic E-state index is 5.95. The molecule has 2 N–H and O–H groups in total. The molecule has 1 aromatic rings. The van der Waals surface area contributed by atoms with Gasteiger partial charge in [-0.1, -0.05) is 23.2 Å². The van der Waals surface area contributed by atoms with E-state index in [9.17, 15) is 0 Å². The molecule has 0 saturated carbocycles. The van der Waals surface area contributed by atoms with Gasteiger partial charge in [0.25, 0.3) is 0 Å². The second kappa shape index (κ2) is 5.57. The molecule has 1 unspecified atom stereocenters. The van der Waals surface area contributed by atoms with Crippen molar-refractivity contribution in [2.45, 2.75) is 13.0 Å². The van der Waals surface area contributed by atoms with Crippen LogP contribution in [0, 0.1) is 0 Å². The molecule has 0 spiro atoms. The van der Waals surface area contributed by atoms with Gasteiger partial charge in [0.1, 0.15) is 0 Å². The second-order valence-electron chi connectivity index (χ2n) is 3.34. The summed E-state index contributed by atoms with van der Waals surface area (Å²) >= 11 is 11.7. The van der Waals surface area contributed by atoms with Gasteiger partial charge in [-0.05, 0) is 13.0 Å². The Morgan fingerprint density at radius 1 is 1.50 bits per heavy atom. The number of nitrogens with zero attached hydrogens (tertiary/aromatic N) is 2. The van der Waals surface area contributed by atoms with Gasteiger partial charge in [-0.3, -0.25) is 4.99 Å². The lowest BCUT2D eigenvalue weighted by molar-refractivity contribution is 0.725. The largest absolute Gasteiger partial charge is 0.352 e. The molecule has 0 bridgehead atoms. The molecule has 16 heavy (non-hydrogen) atoms. The highest BCUT2D eigenvalue weighted by Gasteiger charge is 2.13. The maximum Gasteiger partial charge on any atom is 0.197 e. The van der Waals surface area contributed by atoms with E-state index in [0.29, 0.717) is 27.9 Å². The van der Waals surface area contributed by atoms with Crippen LogP contribution in [-0.4, -0.2) is 23.5 Å². The summed E-state index contributed by atoms with van der Waals surface area (Å²) in [6.45, 7) is 2.81. The molecular formula is C9H11Cl3N4. The number of hydrogen-bond acceptors (Lipinski definition) is 4. The third kappa shape index (κ3) is 3.14. The predicted octanol–water partition coefficient (Wildman–Crippen LogP) is 2.57. The Morgan fingerprint density at radius 2 is 2.25 bits per heavy atom. The van der Waals surface area contributed by atoms with E-state index in [2.05, 4.69) is 27.5 Å². The average Bonchev–Trinajstić information content (AvgIpc) is 2.56. The third-order valence-electron chi connectivity index (χ3n) is 1.95. The van der Waals surface area contributed by atoms with Crippen LogP contribution in [0.15, 0.2) is 17.3 Å². The van der Waals surface area contributed by atoms with Crippen molar-refractivity contribution in [2.24, 2.45) is 4.99 Å². The van der Waals surface area contributed by atoms with E-state index < -0.39 is 0 Å². The molecule has 1 aromatic heterocycles. The molecule has 0 amide bonds. The number of hydrogen-bond donors (Lipinski definition) is 2. The van der Waals surface area contributed by atoms with Crippen LogP contribution in [0.1, 0.15) is 6.92 Å². The molecule has 4 nitrogen and oxygen atoms in total. The fourth-order valence-electron chi connectivity index (χ4n) is 1.25. The normalized spacial score (nSPS) is 18.4. The first-order valence-electron chi connectivity index (χ1n) is 4.54. The fourth-order valence-corrected chi connectivity index (χ4v) is 1.67. The van der Waals surface area contributed by atoms with E-state index >= 15 is 0 Å². The minimum Gasteiger partial charge on any atom is -0.352 e. The number of nitrogens with one attached hydrogen (secondary N) is 2. The Balaban J connectivity index is 0.00000128. The van der Waals surface area contributed by atoms with Crippen LogP contribution >= 0.6 is 35.6 Å². The van der Waals surface area contributed by atoms with Crippen LogP contribution in [0.4, 0.5) is 5.82 Å². The van der Waals surface area contributed by atoms with Gasteiger partial charge in [0.15, 0.2) is 11.8 Å². The van der Waals surface area contributed by atoms with E-state index in [4.69, 9.17) is 23.2 Å². The quantitative estimate of drug-likeness (QED) is 0.832. The molecule has 0 fully saturated rings. The average molecular weight is 282 g/mol. The summed E-state index contributed by atoms with van der Waals surface area (Å²) in [5, 5.41) is 7.15. The van der Waals surface area contributed by atoms with E-state index in [1.807, 2.05) is 0 Å². The van der Waals surface area contributed by atoms with E-state index in [1.165, 1.54) is 6.20 Å². The Bertz CT molecular complexity index is 408. The van der Waals surface area contributed by atoms with Crippen molar-refractivity contribution in [3.63, 3.8) is 0 Å². The van der Waals surface area contributed by atoms with Crippen molar-refractivity contribution in [3.05, 3.63) is 22.3 Å². The molecule has 2 heterocycles. The Labute approximate surface area is 110 Å². The second-order valence-corrected chi connectivity index (χ2v) is 4.19. The molecule has 0 aliphatic carbocycles. The molecule has 7 heteroatoms. The number of rotatable bonds is 1. The van der Waals surface area contributed by atoms with Crippen LogP contribution in [0.25, 0.3) is 0 Å². The highest BCUT2D eigenvalue weighted by atomic mass is 35.5. The summed E-state index contributed by atoms with van der Waals surface area (Å²) in [6, 6.07) is 1.98. The molecule has 0 aromatic carbocycles. The van der Waals surface area contributed by atoms with Crippen LogP contribution in [0.3, 0.4) is 0 Å². The first-order valence-corrected chi connectivity index (χ1v) is 5.30.